The maximum Gasteiger partial charge on any atom is 0.329 e. The quantitative estimate of drug-likeness (QED) is 0.614. The molecule has 0 aromatic heterocycles. The highest BCUT2D eigenvalue weighted by atomic mass is 16.7. The van der Waals surface area contributed by atoms with Crippen LogP contribution in [-0.2, 0) is 9.63 Å². The number of nitro groups is 2. The van der Waals surface area contributed by atoms with E-state index < -0.39 is 38.6 Å². The number of carbonyl (C=O) groups is 2. The van der Waals surface area contributed by atoms with Crippen molar-refractivity contribution in [1.29, 1.82) is 0 Å². The van der Waals surface area contributed by atoms with Crippen molar-refractivity contribution in [1.82, 2.24) is 5.06 Å². The van der Waals surface area contributed by atoms with Gasteiger partial charge in [0, 0.05) is 19.1 Å². The summed E-state index contributed by atoms with van der Waals surface area (Å²) in [5, 5.41) is 22.5. The van der Waals surface area contributed by atoms with Crippen LogP contribution in [0.4, 0.5) is 11.4 Å². The normalized spacial score (nSPS) is 10.8. The second-order valence-corrected chi connectivity index (χ2v) is 5.61. The lowest BCUT2D eigenvalue weighted by atomic mass is 10.1. The van der Waals surface area contributed by atoms with Gasteiger partial charge in [-0.3, -0.25) is 29.8 Å². The van der Waals surface area contributed by atoms with E-state index in [0.717, 1.165) is 30.2 Å². The summed E-state index contributed by atoms with van der Waals surface area (Å²) in [5.41, 5.74) is -2.51. The first-order valence-corrected chi connectivity index (χ1v) is 6.40. The number of carbonyl (C=O) groups excluding carboxylic acids is 2. The van der Waals surface area contributed by atoms with E-state index in [4.69, 9.17) is 4.84 Å². The Morgan fingerprint density at radius 1 is 1.04 bits per heavy atom. The van der Waals surface area contributed by atoms with Crippen molar-refractivity contribution in [3.8, 4) is 0 Å². The molecule has 1 aromatic carbocycles. The van der Waals surface area contributed by atoms with Gasteiger partial charge in [-0.05, 0) is 20.8 Å². The minimum atomic E-state index is -0.956. The highest BCUT2D eigenvalue weighted by Gasteiger charge is 2.32. The molecule has 0 heterocycles. The van der Waals surface area contributed by atoms with E-state index in [2.05, 4.69) is 0 Å². The third kappa shape index (κ3) is 4.46. The van der Waals surface area contributed by atoms with E-state index in [1.54, 1.807) is 20.8 Å². The molecule has 10 heteroatoms. The summed E-state index contributed by atoms with van der Waals surface area (Å²) in [4.78, 5) is 48.5. The molecule has 124 valence electrons. The van der Waals surface area contributed by atoms with Crippen molar-refractivity contribution < 1.29 is 24.3 Å². The van der Waals surface area contributed by atoms with Crippen molar-refractivity contribution in [2.24, 2.45) is 0 Å². The number of rotatable bonds is 3. The Morgan fingerprint density at radius 2 is 1.48 bits per heavy atom. The standard InChI is InChI=1S/C13H15N3O7/c1-8(17)23-14(13(2,3)4)12(18)9-5-10(15(19)20)7-11(6-9)16(21)22/h5-7H,1-4H3. The lowest BCUT2D eigenvalue weighted by molar-refractivity contribution is -0.394. The largest absolute Gasteiger partial charge is 0.338 e. The van der Waals surface area contributed by atoms with Gasteiger partial charge in [-0.1, -0.05) is 0 Å². The summed E-state index contributed by atoms with van der Waals surface area (Å²) in [6.07, 6.45) is 0. The zero-order valence-electron chi connectivity index (χ0n) is 12.9. The first-order valence-electron chi connectivity index (χ1n) is 6.40. The number of hydroxylamine groups is 2. The van der Waals surface area contributed by atoms with Crippen molar-refractivity contribution in [2.75, 3.05) is 0 Å². The fourth-order valence-electron chi connectivity index (χ4n) is 1.66. The van der Waals surface area contributed by atoms with Gasteiger partial charge in [-0.15, -0.1) is 0 Å². The van der Waals surface area contributed by atoms with Crippen LogP contribution in [0.5, 0.6) is 0 Å². The van der Waals surface area contributed by atoms with Gasteiger partial charge in [0.05, 0.1) is 27.0 Å². The Bertz CT molecular complexity index is 646. The number of nitrogens with zero attached hydrogens (tertiary/aromatic N) is 3. The van der Waals surface area contributed by atoms with Crippen molar-refractivity contribution in [3.63, 3.8) is 0 Å². The molecule has 0 bridgehead atoms. The van der Waals surface area contributed by atoms with Crippen LogP contribution in [0.25, 0.3) is 0 Å². The van der Waals surface area contributed by atoms with Crippen LogP contribution in [0.1, 0.15) is 38.1 Å². The number of nitro benzene ring substituents is 2. The fourth-order valence-corrected chi connectivity index (χ4v) is 1.66. The summed E-state index contributed by atoms with van der Waals surface area (Å²) >= 11 is 0. The molecule has 23 heavy (non-hydrogen) atoms. The summed E-state index contributed by atoms with van der Waals surface area (Å²) in [6, 6.07) is 2.51. The SMILES string of the molecule is CC(=O)ON(C(=O)c1cc([N+](=O)[O-])cc([N+](=O)[O-])c1)C(C)(C)C. The number of amides is 1. The van der Waals surface area contributed by atoms with Crippen LogP contribution >= 0.6 is 0 Å². The predicted molar refractivity (Wildman–Crippen MR) is 77.4 cm³/mol. The molecule has 0 atom stereocenters. The first-order chi connectivity index (χ1) is 10.4. The Kier molecular flexibility index (Phi) is 5.00. The van der Waals surface area contributed by atoms with Crippen molar-refractivity contribution in [2.45, 2.75) is 33.2 Å². The van der Waals surface area contributed by atoms with Crippen LogP contribution in [0.15, 0.2) is 18.2 Å². The molecule has 0 saturated carbocycles. The molecule has 1 aromatic rings. The number of hydrogen-bond acceptors (Lipinski definition) is 7. The first kappa shape index (κ1) is 18.0. The van der Waals surface area contributed by atoms with Crippen LogP contribution in [0.2, 0.25) is 0 Å². The molecule has 1 rings (SSSR count). The van der Waals surface area contributed by atoms with Gasteiger partial charge in [-0.25, -0.2) is 0 Å². The van der Waals surface area contributed by atoms with E-state index in [9.17, 15) is 29.8 Å². The van der Waals surface area contributed by atoms with Gasteiger partial charge in [0.2, 0.25) is 0 Å². The minimum Gasteiger partial charge on any atom is -0.338 e. The van der Waals surface area contributed by atoms with Crippen molar-refractivity contribution in [3.05, 3.63) is 44.0 Å². The molecular weight excluding hydrogens is 310 g/mol. The zero-order valence-corrected chi connectivity index (χ0v) is 12.9. The predicted octanol–water partition coefficient (Wildman–Crippen LogP) is 2.22. The molecule has 0 fully saturated rings. The second-order valence-electron chi connectivity index (χ2n) is 5.61. The third-order valence-electron chi connectivity index (χ3n) is 2.58. The molecule has 0 unspecified atom stereocenters. The van der Waals surface area contributed by atoms with Crippen LogP contribution in [-0.4, -0.2) is 32.3 Å². The van der Waals surface area contributed by atoms with E-state index in [1.807, 2.05) is 0 Å². The molecule has 0 spiro atoms. The molecule has 1 amide bonds. The highest BCUT2D eigenvalue weighted by molar-refractivity contribution is 5.96. The fraction of sp³-hybridized carbons (Fsp3) is 0.385. The van der Waals surface area contributed by atoms with Gasteiger partial charge < -0.3 is 4.84 Å². The van der Waals surface area contributed by atoms with E-state index in [0.29, 0.717) is 0 Å². The van der Waals surface area contributed by atoms with E-state index in [1.165, 1.54) is 0 Å². The molecule has 10 nitrogen and oxygen atoms in total. The average molecular weight is 325 g/mol. The van der Waals surface area contributed by atoms with Gasteiger partial charge in [0.1, 0.15) is 0 Å². The maximum absolute atomic E-state index is 12.5. The summed E-state index contributed by atoms with van der Waals surface area (Å²) in [5.74, 6) is -1.67. The molecule has 0 N–H and O–H groups in total. The minimum absolute atomic E-state index is 0.331. The number of benzene rings is 1. The lowest BCUT2D eigenvalue weighted by Gasteiger charge is -2.32. The molecular formula is C13H15N3O7. The van der Waals surface area contributed by atoms with Crippen LogP contribution in [0.3, 0.4) is 0 Å². The molecule has 0 aliphatic rings. The zero-order chi connectivity index (χ0) is 17.9. The highest BCUT2D eigenvalue weighted by Crippen LogP contribution is 2.26. The Hall–Kier alpha value is -3.04. The van der Waals surface area contributed by atoms with Gasteiger partial charge in [-0.2, -0.15) is 5.06 Å². The van der Waals surface area contributed by atoms with Gasteiger partial charge in [0.25, 0.3) is 17.3 Å². The average Bonchev–Trinajstić information content (AvgIpc) is 2.42. The van der Waals surface area contributed by atoms with Gasteiger partial charge in [0.15, 0.2) is 0 Å². The molecule has 0 aliphatic carbocycles. The molecule has 0 radical (unpaired) electrons. The monoisotopic (exact) mass is 325 g/mol. The summed E-state index contributed by atoms with van der Waals surface area (Å²) < 4.78 is 0. The lowest BCUT2D eigenvalue weighted by Crippen LogP contribution is -2.46. The topological polar surface area (TPSA) is 133 Å². The third-order valence-corrected chi connectivity index (χ3v) is 2.58. The smallest absolute Gasteiger partial charge is 0.329 e. The van der Waals surface area contributed by atoms with Gasteiger partial charge >= 0.3 is 5.97 Å². The summed E-state index contributed by atoms with van der Waals surface area (Å²) in [6.45, 7) is 5.79. The van der Waals surface area contributed by atoms with Crippen molar-refractivity contribution >= 4 is 23.3 Å². The Balaban J connectivity index is 3.41. The Labute approximate surface area is 130 Å². The number of hydrogen-bond donors (Lipinski definition) is 0. The molecule has 0 aliphatic heterocycles. The molecule has 0 saturated heterocycles. The maximum atomic E-state index is 12.5. The van der Waals surface area contributed by atoms with Crippen LogP contribution in [0, 0.1) is 20.2 Å². The number of non-ortho nitro benzene ring substituents is 2. The van der Waals surface area contributed by atoms with E-state index in [-0.39, 0.29) is 5.56 Å². The second kappa shape index (κ2) is 6.38. The van der Waals surface area contributed by atoms with E-state index >= 15 is 0 Å². The van der Waals surface area contributed by atoms with Crippen LogP contribution < -0.4 is 0 Å². The summed E-state index contributed by atoms with van der Waals surface area (Å²) in [7, 11) is 0. The Morgan fingerprint density at radius 3 is 1.78 bits per heavy atom.